The van der Waals surface area contributed by atoms with E-state index in [2.05, 4.69) is 60.4 Å². The van der Waals surface area contributed by atoms with Crippen molar-refractivity contribution in [1.29, 1.82) is 0 Å². The molecular weight excluding hydrogens is 604 g/mol. The summed E-state index contributed by atoms with van der Waals surface area (Å²) in [5, 5.41) is 46.3. The number of aliphatic hydroxyl groups excluding tert-OH is 2. The molecule has 246 valence electrons. The maximum atomic E-state index is 11.1. The Morgan fingerprint density at radius 2 is 1.74 bits per heavy atom. The summed E-state index contributed by atoms with van der Waals surface area (Å²) in [6.45, 7) is 3.99. The number of nitrogens with zero attached hydrogens (tertiary/aromatic N) is 6. The number of fused-ring (bicyclic) bond motifs is 1. The fourth-order valence-electron chi connectivity index (χ4n) is 5.95. The monoisotopic (exact) mass is 642 g/mol. The Morgan fingerprint density at radius 1 is 1.04 bits per heavy atom. The summed E-state index contributed by atoms with van der Waals surface area (Å²) < 4.78 is 7.82. The van der Waals surface area contributed by atoms with E-state index in [-0.39, 0.29) is 18.4 Å². The predicted octanol–water partition coefficient (Wildman–Crippen LogP) is 2.22. The molecule has 47 heavy (non-hydrogen) atoms. The highest BCUT2D eigenvalue weighted by Gasteiger charge is 2.47. The van der Waals surface area contributed by atoms with Crippen LogP contribution in [0, 0.1) is 0 Å². The normalized spacial score (nSPS) is 22.3. The van der Waals surface area contributed by atoms with Gasteiger partial charge in [-0.05, 0) is 24.1 Å². The van der Waals surface area contributed by atoms with Gasteiger partial charge in [0, 0.05) is 31.5 Å². The number of anilines is 2. The third kappa shape index (κ3) is 6.92. The molecule has 5 heterocycles. The SMILES string of the molecule is CCc1nc([C@H]2O[C@@H](n3cnc4c(NCC(c5ccccc5)c5ccccc5)nc(NC5CCNC5)nc43)[C@H](O)[C@@H]2O)n[nH]1.O=CO. The molecule has 0 saturated carbocycles. The van der Waals surface area contributed by atoms with Gasteiger partial charge in [0.25, 0.3) is 6.47 Å². The van der Waals surface area contributed by atoms with Gasteiger partial charge in [-0.25, -0.2) is 9.97 Å². The van der Waals surface area contributed by atoms with Crippen LogP contribution < -0.4 is 16.0 Å². The molecule has 2 aliphatic heterocycles. The first-order valence-corrected chi connectivity index (χ1v) is 15.6. The van der Waals surface area contributed by atoms with E-state index in [1.54, 1.807) is 10.9 Å². The van der Waals surface area contributed by atoms with E-state index in [1.165, 1.54) is 11.1 Å². The highest BCUT2D eigenvalue weighted by Crippen LogP contribution is 2.39. The zero-order chi connectivity index (χ0) is 32.8. The Labute approximate surface area is 270 Å². The molecule has 0 aliphatic carbocycles. The minimum Gasteiger partial charge on any atom is -0.483 e. The van der Waals surface area contributed by atoms with Crippen molar-refractivity contribution in [3.8, 4) is 0 Å². The number of hydrogen-bond donors (Lipinski definition) is 7. The number of nitrogens with one attached hydrogen (secondary N) is 4. The lowest BCUT2D eigenvalue weighted by Crippen LogP contribution is -2.29. The van der Waals surface area contributed by atoms with Gasteiger partial charge in [-0.2, -0.15) is 15.1 Å². The maximum absolute atomic E-state index is 11.1. The number of carbonyl (C=O) groups is 1. The molecule has 7 N–H and O–H groups in total. The van der Waals surface area contributed by atoms with Crippen molar-refractivity contribution >= 4 is 29.4 Å². The van der Waals surface area contributed by atoms with Crippen LogP contribution in [0.5, 0.6) is 0 Å². The van der Waals surface area contributed by atoms with Gasteiger partial charge in [0.2, 0.25) is 5.95 Å². The molecule has 7 rings (SSSR count). The van der Waals surface area contributed by atoms with Crippen LogP contribution in [-0.4, -0.2) is 94.4 Å². The number of hydrogen-bond acceptors (Lipinski definition) is 12. The third-order valence-electron chi connectivity index (χ3n) is 8.34. The zero-order valence-corrected chi connectivity index (χ0v) is 25.8. The number of aliphatic hydroxyl groups is 2. The molecule has 3 aromatic heterocycles. The first kappa shape index (κ1) is 32.0. The number of carboxylic acid groups (broad SMARTS) is 1. The zero-order valence-electron chi connectivity index (χ0n) is 25.8. The predicted molar refractivity (Wildman–Crippen MR) is 173 cm³/mol. The van der Waals surface area contributed by atoms with Gasteiger partial charge in [-0.1, -0.05) is 67.6 Å². The van der Waals surface area contributed by atoms with Crippen LogP contribution in [0.15, 0.2) is 67.0 Å². The Morgan fingerprint density at radius 3 is 2.36 bits per heavy atom. The summed E-state index contributed by atoms with van der Waals surface area (Å²) in [6.07, 6.45) is -1.21. The fourth-order valence-corrected chi connectivity index (χ4v) is 5.95. The van der Waals surface area contributed by atoms with Crippen molar-refractivity contribution in [2.75, 3.05) is 30.3 Å². The second-order valence-electron chi connectivity index (χ2n) is 11.3. The molecule has 15 heteroatoms. The molecule has 0 bridgehead atoms. The van der Waals surface area contributed by atoms with E-state index < -0.39 is 24.5 Å². The maximum Gasteiger partial charge on any atom is 0.290 e. The molecule has 5 atom stereocenters. The quantitative estimate of drug-likeness (QED) is 0.109. The number of ether oxygens (including phenoxy) is 1. The second kappa shape index (κ2) is 14.6. The number of rotatable bonds is 10. The minimum atomic E-state index is -1.26. The molecule has 2 fully saturated rings. The topological polar surface area (TPSA) is 208 Å². The summed E-state index contributed by atoms with van der Waals surface area (Å²) >= 11 is 0. The van der Waals surface area contributed by atoms with Gasteiger partial charge in [0.15, 0.2) is 35.1 Å². The number of aromatic amines is 1. The van der Waals surface area contributed by atoms with E-state index in [4.69, 9.17) is 24.6 Å². The van der Waals surface area contributed by atoms with Crippen molar-refractivity contribution in [2.24, 2.45) is 0 Å². The lowest BCUT2D eigenvalue weighted by atomic mass is 9.91. The van der Waals surface area contributed by atoms with Crippen molar-refractivity contribution in [3.63, 3.8) is 0 Å². The molecule has 0 spiro atoms. The average Bonchev–Trinajstić information content (AvgIpc) is 3.91. The Kier molecular flexibility index (Phi) is 9.97. The van der Waals surface area contributed by atoms with Crippen molar-refractivity contribution in [1.82, 2.24) is 40.0 Å². The van der Waals surface area contributed by atoms with Gasteiger partial charge in [0.05, 0.1) is 6.33 Å². The van der Waals surface area contributed by atoms with Crippen LogP contribution in [0.2, 0.25) is 0 Å². The van der Waals surface area contributed by atoms with Crippen LogP contribution in [0.1, 0.15) is 54.4 Å². The number of benzene rings is 2. The van der Waals surface area contributed by atoms with Crippen molar-refractivity contribution in [3.05, 3.63) is 89.8 Å². The molecule has 5 aromatic rings. The summed E-state index contributed by atoms with van der Waals surface area (Å²) in [5.41, 5.74) is 3.35. The highest BCUT2D eigenvalue weighted by atomic mass is 16.6. The van der Waals surface area contributed by atoms with Crippen molar-refractivity contribution < 1.29 is 24.9 Å². The van der Waals surface area contributed by atoms with Crippen molar-refractivity contribution in [2.45, 2.75) is 56.3 Å². The van der Waals surface area contributed by atoms with E-state index in [0.717, 1.165) is 19.5 Å². The van der Waals surface area contributed by atoms with E-state index in [0.29, 0.717) is 47.5 Å². The minimum absolute atomic E-state index is 0.0604. The molecule has 2 aliphatic rings. The van der Waals surface area contributed by atoms with E-state index in [1.807, 2.05) is 43.3 Å². The Bertz CT molecular complexity index is 1710. The van der Waals surface area contributed by atoms with Gasteiger partial charge in [0.1, 0.15) is 18.0 Å². The second-order valence-corrected chi connectivity index (χ2v) is 11.3. The van der Waals surface area contributed by atoms with Crippen LogP contribution in [0.3, 0.4) is 0 Å². The van der Waals surface area contributed by atoms with Crippen LogP contribution in [0.4, 0.5) is 11.8 Å². The summed E-state index contributed by atoms with van der Waals surface area (Å²) in [6, 6.07) is 20.9. The fraction of sp³-hybridized carbons (Fsp3) is 0.375. The average molecular weight is 643 g/mol. The highest BCUT2D eigenvalue weighted by molar-refractivity contribution is 5.84. The number of aromatic nitrogens is 7. The number of imidazole rings is 1. The largest absolute Gasteiger partial charge is 0.483 e. The van der Waals surface area contributed by atoms with E-state index >= 15 is 0 Å². The van der Waals surface area contributed by atoms with E-state index in [9.17, 15) is 10.2 Å². The lowest BCUT2D eigenvalue weighted by Gasteiger charge is -2.20. The Balaban J connectivity index is 0.00000124. The molecular formula is C32H38N10O5. The molecule has 2 saturated heterocycles. The smallest absolute Gasteiger partial charge is 0.290 e. The standard InChI is InChI=1S/C31H36N10O3.CH2O2/c1-2-22-36-28(40-39-22)26-24(42)25(43)30(44-26)41-17-34-23-27(37-31(38-29(23)41)35-20-13-14-32-15-20)33-16-21(18-9-5-3-6-10-18)19-11-7-4-8-12-19;2-1-3/h3-12,17,20-21,24-26,30,32,42-43H,2,13-16H2,1H3,(H,36,39,40)(H2,33,35,37,38);1H,(H,2,3)/t20?,24-,25+,26-,30+;/m0./s1. The van der Waals surface area contributed by atoms with Gasteiger partial charge in [-0.15, -0.1) is 0 Å². The first-order chi connectivity index (χ1) is 23.0. The molecule has 0 amide bonds. The number of aryl methyl sites for hydroxylation is 1. The third-order valence-corrected chi connectivity index (χ3v) is 8.34. The first-order valence-electron chi connectivity index (χ1n) is 15.6. The molecule has 2 aromatic carbocycles. The molecule has 1 unspecified atom stereocenters. The van der Waals surface area contributed by atoms with Gasteiger partial charge in [-0.3, -0.25) is 14.5 Å². The lowest BCUT2D eigenvalue weighted by molar-refractivity contribution is -0.122. The van der Waals surface area contributed by atoms with Crippen LogP contribution in [-0.2, 0) is 16.0 Å². The van der Waals surface area contributed by atoms with Crippen LogP contribution in [0.25, 0.3) is 11.2 Å². The van der Waals surface area contributed by atoms with Gasteiger partial charge >= 0.3 is 0 Å². The summed E-state index contributed by atoms with van der Waals surface area (Å²) in [7, 11) is 0. The molecule has 15 nitrogen and oxygen atoms in total. The summed E-state index contributed by atoms with van der Waals surface area (Å²) in [4.78, 5) is 27.1. The van der Waals surface area contributed by atoms with Gasteiger partial charge < -0.3 is 36.0 Å². The van der Waals surface area contributed by atoms with Crippen LogP contribution >= 0.6 is 0 Å². The molecule has 0 radical (unpaired) electrons. The summed E-state index contributed by atoms with van der Waals surface area (Å²) in [5.74, 6) is 2.03. The Hall–Kier alpha value is -4.96. The number of H-pyrrole nitrogens is 1.